The van der Waals surface area contributed by atoms with Gasteiger partial charge in [0.25, 0.3) is 5.91 Å². The van der Waals surface area contributed by atoms with Crippen molar-refractivity contribution in [1.82, 2.24) is 4.90 Å². The molecule has 1 amide bonds. The molecule has 4 heteroatoms. The first kappa shape index (κ1) is 15.4. The van der Waals surface area contributed by atoms with Gasteiger partial charge >= 0.3 is 0 Å². The molecule has 0 saturated carbocycles. The minimum atomic E-state index is 0.124. The van der Waals surface area contributed by atoms with Crippen molar-refractivity contribution in [3.05, 3.63) is 59.7 Å². The second-order valence-corrected chi connectivity index (χ2v) is 5.85. The lowest BCUT2D eigenvalue weighted by molar-refractivity contribution is 0.0746. The monoisotopic (exact) mass is 310 g/mol. The third kappa shape index (κ3) is 3.47. The molecule has 1 saturated heterocycles. The highest BCUT2D eigenvalue weighted by molar-refractivity contribution is 5.94. The van der Waals surface area contributed by atoms with E-state index in [1.165, 1.54) is 0 Å². The Hall–Kier alpha value is -2.49. The molecule has 1 heterocycles. The number of carbonyl (C=O) groups excluding carboxylic acids is 1. The van der Waals surface area contributed by atoms with Gasteiger partial charge in [0.15, 0.2) is 0 Å². The Morgan fingerprint density at radius 1 is 1.00 bits per heavy atom. The molecular formula is C19H22N2O2. The SMILES string of the molecule is COc1cccc(N2CCN(C(=O)c3cccc(C)c3)CC2)c1. The Morgan fingerprint density at radius 2 is 1.74 bits per heavy atom. The van der Waals surface area contributed by atoms with E-state index in [9.17, 15) is 4.79 Å². The first-order valence-corrected chi connectivity index (χ1v) is 7.92. The van der Waals surface area contributed by atoms with Crippen molar-refractivity contribution in [2.45, 2.75) is 6.92 Å². The predicted octanol–water partition coefficient (Wildman–Crippen LogP) is 2.97. The molecule has 2 aromatic rings. The van der Waals surface area contributed by atoms with Crippen LogP contribution in [0.4, 0.5) is 5.69 Å². The molecule has 0 bridgehead atoms. The van der Waals surface area contributed by atoms with Crippen molar-refractivity contribution in [2.24, 2.45) is 0 Å². The fourth-order valence-corrected chi connectivity index (χ4v) is 2.94. The Kier molecular flexibility index (Phi) is 4.51. The van der Waals surface area contributed by atoms with Gasteiger partial charge in [0.05, 0.1) is 7.11 Å². The van der Waals surface area contributed by atoms with Gasteiger partial charge in [-0.05, 0) is 31.2 Å². The smallest absolute Gasteiger partial charge is 0.253 e. The lowest BCUT2D eigenvalue weighted by atomic mass is 10.1. The zero-order valence-electron chi connectivity index (χ0n) is 13.7. The number of anilines is 1. The molecule has 0 atom stereocenters. The number of hydrogen-bond acceptors (Lipinski definition) is 3. The van der Waals surface area contributed by atoms with Crippen LogP contribution in [0.1, 0.15) is 15.9 Å². The van der Waals surface area contributed by atoms with E-state index in [1.807, 2.05) is 54.3 Å². The van der Waals surface area contributed by atoms with Gasteiger partial charge < -0.3 is 14.5 Å². The highest BCUT2D eigenvalue weighted by Gasteiger charge is 2.22. The maximum Gasteiger partial charge on any atom is 0.253 e. The summed E-state index contributed by atoms with van der Waals surface area (Å²) in [7, 11) is 1.68. The Morgan fingerprint density at radius 3 is 2.43 bits per heavy atom. The first-order valence-electron chi connectivity index (χ1n) is 7.92. The zero-order chi connectivity index (χ0) is 16.2. The number of carbonyl (C=O) groups is 1. The minimum Gasteiger partial charge on any atom is -0.497 e. The first-order chi connectivity index (χ1) is 11.2. The van der Waals surface area contributed by atoms with E-state index in [2.05, 4.69) is 11.0 Å². The number of nitrogens with zero attached hydrogens (tertiary/aromatic N) is 2. The summed E-state index contributed by atoms with van der Waals surface area (Å²) >= 11 is 0. The van der Waals surface area contributed by atoms with Crippen LogP contribution in [0.15, 0.2) is 48.5 Å². The lowest BCUT2D eigenvalue weighted by Crippen LogP contribution is -2.48. The highest BCUT2D eigenvalue weighted by Crippen LogP contribution is 2.22. The average Bonchev–Trinajstić information content (AvgIpc) is 2.61. The van der Waals surface area contributed by atoms with Crippen LogP contribution in [0.5, 0.6) is 5.75 Å². The second kappa shape index (κ2) is 6.73. The van der Waals surface area contributed by atoms with E-state index in [-0.39, 0.29) is 5.91 Å². The summed E-state index contributed by atoms with van der Waals surface area (Å²) in [6.07, 6.45) is 0. The number of piperazine rings is 1. The van der Waals surface area contributed by atoms with Crippen LogP contribution in [0, 0.1) is 6.92 Å². The Labute approximate surface area is 137 Å². The summed E-state index contributed by atoms with van der Waals surface area (Å²) in [5.41, 5.74) is 3.04. The van der Waals surface area contributed by atoms with Crippen molar-refractivity contribution in [1.29, 1.82) is 0 Å². The summed E-state index contributed by atoms with van der Waals surface area (Å²) in [4.78, 5) is 16.8. The van der Waals surface area contributed by atoms with E-state index >= 15 is 0 Å². The van der Waals surface area contributed by atoms with E-state index in [0.29, 0.717) is 0 Å². The number of rotatable bonds is 3. The van der Waals surface area contributed by atoms with Gasteiger partial charge in [-0.2, -0.15) is 0 Å². The van der Waals surface area contributed by atoms with Gasteiger partial charge in [0.2, 0.25) is 0 Å². The van der Waals surface area contributed by atoms with Gasteiger partial charge in [-0.25, -0.2) is 0 Å². The molecule has 0 N–H and O–H groups in total. The summed E-state index contributed by atoms with van der Waals surface area (Å²) in [6.45, 7) is 5.17. The maximum atomic E-state index is 12.6. The van der Waals surface area contributed by atoms with E-state index < -0.39 is 0 Å². The van der Waals surface area contributed by atoms with Gasteiger partial charge in [0, 0.05) is 43.5 Å². The molecule has 2 aromatic carbocycles. The van der Waals surface area contributed by atoms with Gasteiger partial charge in [0.1, 0.15) is 5.75 Å². The largest absolute Gasteiger partial charge is 0.497 e. The van der Waals surface area contributed by atoms with Crippen LogP contribution in [-0.4, -0.2) is 44.1 Å². The summed E-state index contributed by atoms with van der Waals surface area (Å²) in [5.74, 6) is 0.986. The number of aryl methyl sites for hydroxylation is 1. The van der Waals surface area contributed by atoms with Crippen LogP contribution in [0.25, 0.3) is 0 Å². The van der Waals surface area contributed by atoms with E-state index in [0.717, 1.165) is 48.7 Å². The number of amides is 1. The Balaban J connectivity index is 1.65. The van der Waals surface area contributed by atoms with Crippen LogP contribution in [0.2, 0.25) is 0 Å². The van der Waals surface area contributed by atoms with Gasteiger partial charge in [-0.1, -0.05) is 23.8 Å². The fraction of sp³-hybridized carbons (Fsp3) is 0.316. The van der Waals surface area contributed by atoms with Crippen molar-refractivity contribution in [2.75, 3.05) is 38.2 Å². The van der Waals surface area contributed by atoms with Gasteiger partial charge in [-0.3, -0.25) is 4.79 Å². The molecule has 0 unspecified atom stereocenters. The zero-order valence-corrected chi connectivity index (χ0v) is 13.7. The predicted molar refractivity (Wildman–Crippen MR) is 92.3 cm³/mol. The summed E-state index contributed by atoms with van der Waals surface area (Å²) < 4.78 is 5.28. The van der Waals surface area contributed by atoms with Crippen molar-refractivity contribution >= 4 is 11.6 Å². The third-order valence-electron chi connectivity index (χ3n) is 4.25. The molecule has 3 rings (SSSR count). The van der Waals surface area contributed by atoms with Gasteiger partial charge in [-0.15, -0.1) is 0 Å². The second-order valence-electron chi connectivity index (χ2n) is 5.85. The van der Waals surface area contributed by atoms with E-state index in [4.69, 9.17) is 4.74 Å². The topological polar surface area (TPSA) is 32.8 Å². The highest BCUT2D eigenvalue weighted by atomic mass is 16.5. The van der Waals surface area contributed by atoms with Crippen LogP contribution >= 0.6 is 0 Å². The number of benzene rings is 2. The summed E-state index contributed by atoms with van der Waals surface area (Å²) in [6, 6.07) is 15.9. The molecule has 1 fully saturated rings. The molecule has 23 heavy (non-hydrogen) atoms. The molecule has 0 spiro atoms. The molecule has 1 aliphatic heterocycles. The number of ether oxygens (including phenoxy) is 1. The number of hydrogen-bond donors (Lipinski definition) is 0. The van der Waals surface area contributed by atoms with Crippen molar-refractivity contribution in [3.8, 4) is 5.75 Å². The molecular weight excluding hydrogens is 288 g/mol. The van der Waals surface area contributed by atoms with Crippen LogP contribution in [0.3, 0.4) is 0 Å². The molecule has 4 nitrogen and oxygen atoms in total. The fourth-order valence-electron chi connectivity index (χ4n) is 2.94. The molecule has 0 radical (unpaired) electrons. The lowest BCUT2D eigenvalue weighted by Gasteiger charge is -2.36. The standard InChI is InChI=1S/C19H22N2O2/c1-15-5-3-6-16(13-15)19(22)21-11-9-20(10-12-21)17-7-4-8-18(14-17)23-2/h3-8,13-14H,9-12H2,1-2H3. The van der Waals surface area contributed by atoms with Crippen LogP contribution < -0.4 is 9.64 Å². The maximum absolute atomic E-state index is 12.6. The van der Waals surface area contributed by atoms with E-state index in [1.54, 1.807) is 7.11 Å². The quantitative estimate of drug-likeness (QED) is 0.874. The normalized spacial score (nSPS) is 14.7. The molecule has 1 aliphatic rings. The number of methoxy groups -OCH3 is 1. The third-order valence-corrected chi connectivity index (χ3v) is 4.25. The molecule has 120 valence electrons. The molecule has 0 aliphatic carbocycles. The van der Waals surface area contributed by atoms with Crippen molar-refractivity contribution in [3.63, 3.8) is 0 Å². The average molecular weight is 310 g/mol. The molecule has 0 aromatic heterocycles. The Bertz CT molecular complexity index is 691. The van der Waals surface area contributed by atoms with Crippen molar-refractivity contribution < 1.29 is 9.53 Å². The minimum absolute atomic E-state index is 0.124. The summed E-state index contributed by atoms with van der Waals surface area (Å²) in [5, 5.41) is 0. The van der Waals surface area contributed by atoms with Crippen LogP contribution in [-0.2, 0) is 0 Å².